The lowest BCUT2D eigenvalue weighted by Crippen LogP contribution is -2.36. The number of hydrogen-bond donors (Lipinski definition) is 1. The number of rotatable bonds is 8. The second kappa shape index (κ2) is 10.8. The normalized spacial score (nSPS) is 14.4. The van der Waals surface area contributed by atoms with Gasteiger partial charge < -0.3 is 14.8 Å². The summed E-state index contributed by atoms with van der Waals surface area (Å²) in [6, 6.07) is 13.8. The SMILES string of the molecule is CCOc1cc(/C=C2\SC(=O)N(CC(=O)Nc3ccc(Br)cc3)C2=O)ccc1OCC#N. The summed E-state index contributed by atoms with van der Waals surface area (Å²) in [4.78, 5) is 38.4. The van der Waals surface area contributed by atoms with Gasteiger partial charge in [0, 0.05) is 10.2 Å². The second-order valence-electron chi connectivity index (χ2n) is 6.41. The zero-order chi connectivity index (χ0) is 23.1. The molecule has 1 aliphatic heterocycles. The van der Waals surface area contributed by atoms with Crippen LogP contribution >= 0.6 is 27.7 Å². The van der Waals surface area contributed by atoms with Gasteiger partial charge in [-0.3, -0.25) is 19.3 Å². The number of hydrogen-bond acceptors (Lipinski definition) is 7. The van der Waals surface area contributed by atoms with Crippen LogP contribution in [0.1, 0.15) is 12.5 Å². The molecular weight excluding hydrogens is 498 g/mol. The lowest BCUT2D eigenvalue weighted by atomic mass is 10.2. The number of halogens is 1. The van der Waals surface area contributed by atoms with E-state index in [2.05, 4.69) is 21.2 Å². The fourth-order valence-corrected chi connectivity index (χ4v) is 3.88. The maximum Gasteiger partial charge on any atom is 0.294 e. The van der Waals surface area contributed by atoms with Crippen LogP contribution in [0.3, 0.4) is 0 Å². The number of carbonyl (C=O) groups is 3. The molecule has 3 rings (SSSR count). The molecule has 0 saturated carbocycles. The van der Waals surface area contributed by atoms with Crippen LogP contribution in [0.5, 0.6) is 11.5 Å². The number of nitrogens with zero attached hydrogens (tertiary/aromatic N) is 2. The molecule has 1 heterocycles. The van der Waals surface area contributed by atoms with E-state index in [9.17, 15) is 14.4 Å². The Hall–Kier alpha value is -3.29. The van der Waals surface area contributed by atoms with Crippen molar-refractivity contribution in [3.63, 3.8) is 0 Å². The van der Waals surface area contributed by atoms with Gasteiger partial charge in [0.15, 0.2) is 18.1 Å². The third-order valence-corrected chi connectivity index (χ3v) is 5.60. The van der Waals surface area contributed by atoms with Gasteiger partial charge in [-0.05, 0) is 66.7 Å². The minimum absolute atomic E-state index is 0.124. The lowest BCUT2D eigenvalue weighted by Gasteiger charge is -2.12. The van der Waals surface area contributed by atoms with Crippen molar-refractivity contribution >= 4 is 56.5 Å². The number of imide groups is 1. The molecule has 164 valence electrons. The molecule has 2 aromatic rings. The lowest BCUT2D eigenvalue weighted by molar-refractivity contribution is -0.127. The summed E-state index contributed by atoms with van der Waals surface area (Å²) in [5, 5.41) is 10.8. The molecule has 0 aromatic heterocycles. The molecule has 1 fully saturated rings. The molecule has 1 aliphatic rings. The molecule has 0 bridgehead atoms. The van der Waals surface area contributed by atoms with E-state index in [0.29, 0.717) is 29.4 Å². The number of benzene rings is 2. The Morgan fingerprint density at radius 1 is 1.19 bits per heavy atom. The minimum Gasteiger partial charge on any atom is -0.490 e. The van der Waals surface area contributed by atoms with Gasteiger partial charge in [0.1, 0.15) is 12.6 Å². The molecule has 0 spiro atoms. The number of nitriles is 1. The molecule has 3 amide bonds. The van der Waals surface area contributed by atoms with Crippen molar-refractivity contribution in [1.82, 2.24) is 4.90 Å². The highest BCUT2D eigenvalue weighted by Crippen LogP contribution is 2.34. The third kappa shape index (κ3) is 5.90. The van der Waals surface area contributed by atoms with Gasteiger partial charge in [0.2, 0.25) is 5.91 Å². The first kappa shape index (κ1) is 23.4. The first-order chi connectivity index (χ1) is 15.4. The molecular formula is C22H18BrN3O5S. The van der Waals surface area contributed by atoms with Crippen LogP contribution in [-0.4, -0.2) is 41.7 Å². The average Bonchev–Trinajstić information content (AvgIpc) is 3.02. The fraction of sp³-hybridized carbons (Fsp3) is 0.182. The molecule has 0 unspecified atom stereocenters. The summed E-state index contributed by atoms with van der Waals surface area (Å²) in [7, 11) is 0. The predicted molar refractivity (Wildman–Crippen MR) is 124 cm³/mol. The fourth-order valence-electron chi connectivity index (χ4n) is 2.78. The quantitative estimate of drug-likeness (QED) is 0.518. The van der Waals surface area contributed by atoms with E-state index in [1.807, 2.05) is 13.0 Å². The number of ether oxygens (including phenoxy) is 2. The number of nitrogens with one attached hydrogen (secondary N) is 1. The Kier molecular flexibility index (Phi) is 7.92. The Bertz CT molecular complexity index is 1110. The first-order valence-corrected chi connectivity index (χ1v) is 11.1. The van der Waals surface area contributed by atoms with Crippen molar-refractivity contribution in [2.24, 2.45) is 0 Å². The smallest absolute Gasteiger partial charge is 0.294 e. The van der Waals surface area contributed by atoms with Gasteiger partial charge in [-0.2, -0.15) is 5.26 Å². The molecule has 10 heteroatoms. The number of thioether (sulfide) groups is 1. The van der Waals surface area contributed by atoms with E-state index in [0.717, 1.165) is 21.1 Å². The van der Waals surface area contributed by atoms with Crippen LogP contribution in [0.25, 0.3) is 6.08 Å². The molecule has 8 nitrogen and oxygen atoms in total. The van der Waals surface area contributed by atoms with Gasteiger partial charge >= 0.3 is 0 Å². The molecule has 0 radical (unpaired) electrons. The highest BCUT2D eigenvalue weighted by atomic mass is 79.9. The van der Waals surface area contributed by atoms with E-state index in [1.165, 1.54) is 0 Å². The summed E-state index contributed by atoms with van der Waals surface area (Å²) in [5.74, 6) is -0.199. The van der Waals surface area contributed by atoms with Gasteiger partial charge in [-0.1, -0.05) is 22.0 Å². The summed E-state index contributed by atoms with van der Waals surface area (Å²) in [5.41, 5.74) is 1.17. The van der Waals surface area contributed by atoms with E-state index in [4.69, 9.17) is 14.7 Å². The van der Waals surface area contributed by atoms with Crippen molar-refractivity contribution in [1.29, 1.82) is 5.26 Å². The molecule has 0 atom stereocenters. The average molecular weight is 516 g/mol. The van der Waals surface area contributed by atoms with Crippen molar-refractivity contribution in [2.45, 2.75) is 6.92 Å². The van der Waals surface area contributed by atoms with E-state index in [-0.39, 0.29) is 18.1 Å². The first-order valence-electron chi connectivity index (χ1n) is 9.48. The van der Waals surface area contributed by atoms with Gasteiger partial charge in [0.05, 0.1) is 11.5 Å². The van der Waals surface area contributed by atoms with E-state index in [1.54, 1.807) is 48.5 Å². The van der Waals surface area contributed by atoms with E-state index >= 15 is 0 Å². The zero-order valence-corrected chi connectivity index (χ0v) is 19.4. The maximum absolute atomic E-state index is 12.7. The Labute approximate surface area is 197 Å². The number of carbonyl (C=O) groups excluding carboxylic acids is 3. The molecule has 0 aliphatic carbocycles. The minimum atomic E-state index is -0.547. The van der Waals surface area contributed by atoms with Crippen LogP contribution in [-0.2, 0) is 9.59 Å². The van der Waals surface area contributed by atoms with Crippen LogP contribution in [0.4, 0.5) is 10.5 Å². The van der Waals surface area contributed by atoms with E-state index < -0.39 is 17.1 Å². The van der Waals surface area contributed by atoms with Crippen LogP contribution in [0.15, 0.2) is 51.8 Å². The molecule has 2 aromatic carbocycles. The predicted octanol–water partition coefficient (Wildman–Crippen LogP) is 4.43. The third-order valence-electron chi connectivity index (χ3n) is 4.16. The molecule has 1 saturated heterocycles. The highest BCUT2D eigenvalue weighted by Gasteiger charge is 2.36. The van der Waals surface area contributed by atoms with Crippen LogP contribution in [0.2, 0.25) is 0 Å². The standard InChI is InChI=1S/C22H18BrN3O5S/c1-2-30-18-11-14(3-8-17(18)31-10-9-24)12-19-21(28)26(22(29)32-19)13-20(27)25-16-6-4-15(23)5-7-16/h3-8,11-12H,2,10,13H2,1H3,(H,25,27)/b19-12-. The zero-order valence-electron chi connectivity index (χ0n) is 17.0. The largest absolute Gasteiger partial charge is 0.490 e. The molecule has 32 heavy (non-hydrogen) atoms. The van der Waals surface area contributed by atoms with Crippen molar-refractivity contribution in [3.05, 3.63) is 57.4 Å². The Morgan fingerprint density at radius 2 is 1.94 bits per heavy atom. The van der Waals surface area contributed by atoms with Crippen LogP contribution < -0.4 is 14.8 Å². The summed E-state index contributed by atoms with van der Waals surface area (Å²) in [6.07, 6.45) is 1.55. The second-order valence-corrected chi connectivity index (χ2v) is 8.32. The topological polar surface area (TPSA) is 109 Å². The van der Waals surface area contributed by atoms with Crippen molar-refractivity contribution in [3.8, 4) is 17.6 Å². The highest BCUT2D eigenvalue weighted by molar-refractivity contribution is 9.10. The molecule has 1 N–H and O–H groups in total. The summed E-state index contributed by atoms with van der Waals surface area (Å²) < 4.78 is 11.7. The number of anilines is 1. The Morgan fingerprint density at radius 3 is 2.62 bits per heavy atom. The summed E-state index contributed by atoms with van der Waals surface area (Å²) in [6.45, 7) is 1.69. The monoisotopic (exact) mass is 515 g/mol. The summed E-state index contributed by atoms with van der Waals surface area (Å²) >= 11 is 4.07. The van der Waals surface area contributed by atoms with Crippen molar-refractivity contribution < 1.29 is 23.9 Å². The van der Waals surface area contributed by atoms with Crippen molar-refractivity contribution in [2.75, 3.05) is 25.1 Å². The Balaban J connectivity index is 1.71. The maximum atomic E-state index is 12.7. The number of amides is 3. The van der Waals surface area contributed by atoms with Gasteiger partial charge in [-0.25, -0.2) is 0 Å². The van der Waals surface area contributed by atoms with Gasteiger partial charge in [0.25, 0.3) is 11.1 Å². The van der Waals surface area contributed by atoms with Gasteiger partial charge in [-0.15, -0.1) is 0 Å². The van der Waals surface area contributed by atoms with Crippen LogP contribution in [0, 0.1) is 11.3 Å².